The van der Waals surface area contributed by atoms with Gasteiger partial charge in [0.15, 0.2) is 0 Å². The highest BCUT2D eigenvalue weighted by atomic mass is 16.5. The predicted molar refractivity (Wildman–Crippen MR) is 117 cm³/mol. The molecule has 30 heavy (non-hydrogen) atoms. The van der Waals surface area contributed by atoms with Crippen LogP contribution in [-0.2, 0) is 11.3 Å². The molecule has 0 aliphatic carbocycles. The molecule has 1 N–H and O–H groups in total. The SMILES string of the molecule is COc1ccc(/C=C(\C(=O)N(CCO)Cc2ccccc2)n2ccccc2=O)cc1. The van der Waals surface area contributed by atoms with Gasteiger partial charge in [-0.3, -0.25) is 14.2 Å². The molecule has 0 aliphatic heterocycles. The molecule has 3 aromatic rings. The third-order valence-electron chi connectivity index (χ3n) is 4.59. The van der Waals surface area contributed by atoms with E-state index < -0.39 is 0 Å². The first-order chi connectivity index (χ1) is 14.6. The van der Waals surface area contributed by atoms with Crippen molar-refractivity contribution in [3.05, 3.63) is 100 Å². The zero-order valence-electron chi connectivity index (χ0n) is 16.8. The Morgan fingerprint density at radius 2 is 1.73 bits per heavy atom. The molecule has 0 fully saturated rings. The quantitative estimate of drug-likeness (QED) is 0.586. The lowest BCUT2D eigenvalue weighted by molar-refractivity contribution is -0.126. The smallest absolute Gasteiger partial charge is 0.271 e. The van der Waals surface area contributed by atoms with Gasteiger partial charge in [-0.15, -0.1) is 0 Å². The third-order valence-corrected chi connectivity index (χ3v) is 4.59. The van der Waals surface area contributed by atoms with Crippen LogP contribution >= 0.6 is 0 Å². The van der Waals surface area contributed by atoms with Crippen molar-refractivity contribution in [2.75, 3.05) is 20.3 Å². The number of rotatable bonds is 8. The maximum absolute atomic E-state index is 13.5. The molecule has 1 amide bonds. The average Bonchev–Trinajstić information content (AvgIpc) is 2.78. The molecule has 0 bridgehead atoms. The number of pyridine rings is 1. The van der Waals surface area contributed by atoms with Crippen LogP contribution in [0.1, 0.15) is 11.1 Å². The standard InChI is InChI=1S/C24H24N2O4/c1-30-21-12-10-19(11-13-21)17-22(26-14-6-5-9-23(26)28)24(29)25(15-16-27)18-20-7-3-2-4-8-20/h2-14,17,27H,15-16,18H2,1H3/b22-17+. The van der Waals surface area contributed by atoms with Crippen molar-refractivity contribution < 1.29 is 14.6 Å². The lowest BCUT2D eigenvalue weighted by atomic mass is 10.1. The Morgan fingerprint density at radius 3 is 2.37 bits per heavy atom. The highest BCUT2D eigenvalue weighted by Gasteiger charge is 2.20. The summed E-state index contributed by atoms with van der Waals surface area (Å²) in [6.45, 7) is 0.287. The minimum absolute atomic E-state index is 0.148. The van der Waals surface area contributed by atoms with Gasteiger partial charge in [0.05, 0.1) is 13.7 Å². The number of carbonyl (C=O) groups is 1. The van der Waals surface area contributed by atoms with Crippen LogP contribution in [-0.4, -0.2) is 40.7 Å². The fraction of sp³-hybridized carbons (Fsp3) is 0.167. The zero-order valence-corrected chi connectivity index (χ0v) is 16.8. The van der Waals surface area contributed by atoms with Crippen LogP contribution in [0.5, 0.6) is 5.75 Å². The second-order valence-electron chi connectivity index (χ2n) is 6.65. The van der Waals surface area contributed by atoms with E-state index in [0.717, 1.165) is 11.1 Å². The normalized spacial score (nSPS) is 11.2. The van der Waals surface area contributed by atoms with E-state index in [0.29, 0.717) is 12.3 Å². The van der Waals surface area contributed by atoms with Gasteiger partial charge in [-0.1, -0.05) is 48.5 Å². The van der Waals surface area contributed by atoms with Crippen molar-refractivity contribution in [1.29, 1.82) is 0 Å². The molecule has 0 atom stereocenters. The zero-order chi connectivity index (χ0) is 21.3. The summed E-state index contributed by atoms with van der Waals surface area (Å²) in [6, 6.07) is 21.5. The molecule has 2 aromatic carbocycles. The second-order valence-corrected chi connectivity index (χ2v) is 6.65. The highest BCUT2D eigenvalue weighted by molar-refractivity contribution is 6.18. The van der Waals surface area contributed by atoms with Crippen LogP contribution in [0.25, 0.3) is 11.8 Å². The number of hydrogen-bond donors (Lipinski definition) is 1. The number of aliphatic hydroxyl groups excluding tert-OH is 1. The topological polar surface area (TPSA) is 71.8 Å². The van der Waals surface area contributed by atoms with E-state index in [1.165, 1.54) is 15.5 Å². The van der Waals surface area contributed by atoms with E-state index in [-0.39, 0.29) is 30.3 Å². The summed E-state index contributed by atoms with van der Waals surface area (Å²) in [5, 5.41) is 9.52. The molecule has 1 heterocycles. The van der Waals surface area contributed by atoms with Gasteiger partial charge in [-0.25, -0.2) is 0 Å². The first-order valence-electron chi connectivity index (χ1n) is 9.60. The summed E-state index contributed by atoms with van der Waals surface area (Å²) in [7, 11) is 1.58. The van der Waals surface area contributed by atoms with Crippen molar-refractivity contribution in [3.63, 3.8) is 0 Å². The molecule has 0 aliphatic rings. The van der Waals surface area contributed by atoms with Crippen LogP contribution in [0.4, 0.5) is 0 Å². The number of hydrogen-bond acceptors (Lipinski definition) is 4. The number of aromatic nitrogens is 1. The molecule has 0 spiro atoms. The molecular formula is C24H24N2O4. The van der Waals surface area contributed by atoms with Crippen LogP contribution in [0.3, 0.4) is 0 Å². The van der Waals surface area contributed by atoms with Crippen molar-refractivity contribution in [1.82, 2.24) is 9.47 Å². The largest absolute Gasteiger partial charge is 0.497 e. The number of aliphatic hydroxyl groups is 1. The van der Waals surface area contributed by atoms with Crippen LogP contribution in [0.2, 0.25) is 0 Å². The van der Waals surface area contributed by atoms with Crippen molar-refractivity contribution in [2.24, 2.45) is 0 Å². The third kappa shape index (κ3) is 5.24. The molecular weight excluding hydrogens is 380 g/mol. The second kappa shape index (κ2) is 10.2. The fourth-order valence-electron chi connectivity index (χ4n) is 3.06. The maximum atomic E-state index is 13.5. The van der Waals surface area contributed by atoms with E-state index in [2.05, 4.69) is 0 Å². The summed E-state index contributed by atoms with van der Waals surface area (Å²) >= 11 is 0. The maximum Gasteiger partial charge on any atom is 0.271 e. The first kappa shape index (κ1) is 21.1. The van der Waals surface area contributed by atoms with Gasteiger partial charge in [0.25, 0.3) is 11.5 Å². The first-order valence-corrected chi connectivity index (χ1v) is 9.60. The minimum atomic E-state index is -0.350. The molecule has 0 saturated carbocycles. The Balaban J connectivity index is 2.03. The molecule has 0 radical (unpaired) electrons. The van der Waals surface area contributed by atoms with Crippen LogP contribution in [0.15, 0.2) is 83.8 Å². The minimum Gasteiger partial charge on any atom is -0.497 e. The highest BCUT2D eigenvalue weighted by Crippen LogP contribution is 2.18. The Hall–Kier alpha value is -3.64. The van der Waals surface area contributed by atoms with Crippen molar-refractivity contribution >= 4 is 17.7 Å². The van der Waals surface area contributed by atoms with Gasteiger partial charge in [0.1, 0.15) is 11.4 Å². The van der Waals surface area contributed by atoms with E-state index in [9.17, 15) is 14.7 Å². The van der Waals surface area contributed by atoms with Crippen molar-refractivity contribution in [2.45, 2.75) is 6.54 Å². The van der Waals surface area contributed by atoms with Gasteiger partial charge >= 0.3 is 0 Å². The number of ether oxygens (including phenoxy) is 1. The van der Waals surface area contributed by atoms with Crippen molar-refractivity contribution in [3.8, 4) is 5.75 Å². The lowest BCUT2D eigenvalue weighted by Crippen LogP contribution is -2.36. The van der Waals surface area contributed by atoms with Crippen LogP contribution < -0.4 is 10.3 Å². The van der Waals surface area contributed by atoms with Gasteiger partial charge < -0.3 is 14.7 Å². The van der Waals surface area contributed by atoms with Gasteiger partial charge in [0.2, 0.25) is 0 Å². The fourth-order valence-corrected chi connectivity index (χ4v) is 3.06. The Bertz CT molecular complexity index is 1060. The lowest BCUT2D eigenvalue weighted by Gasteiger charge is -2.24. The number of benzene rings is 2. The molecule has 1 aromatic heterocycles. The molecule has 6 heteroatoms. The molecule has 154 valence electrons. The monoisotopic (exact) mass is 404 g/mol. The number of amides is 1. The molecule has 0 unspecified atom stereocenters. The van der Waals surface area contributed by atoms with E-state index in [1.54, 1.807) is 43.6 Å². The van der Waals surface area contributed by atoms with E-state index >= 15 is 0 Å². The summed E-state index contributed by atoms with van der Waals surface area (Å²) in [4.78, 5) is 27.5. The number of methoxy groups -OCH3 is 1. The van der Waals surface area contributed by atoms with Gasteiger partial charge in [-0.2, -0.15) is 0 Å². The Labute approximate surface area is 175 Å². The van der Waals surface area contributed by atoms with E-state index in [4.69, 9.17) is 4.74 Å². The van der Waals surface area contributed by atoms with Gasteiger partial charge in [0, 0.05) is 25.4 Å². The van der Waals surface area contributed by atoms with Crippen LogP contribution in [0, 0.1) is 0 Å². The number of nitrogens with zero attached hydrogens (tertiary/aromatic N) is 2. The molecule has 0 saturated heterocycles. The predicted octanol–water partition coefficient (Wildman–Crippen LogP) is 2.88. The number of carbonyl (C=O) groups excluding carboxylic acids is 1. The Morgan fingerprint density at radius 1 is 1.03 bits per heavy atom. The van der Waals surface area contributed by atoms with E-state index in [1.807, 2.05) is 42.5 Å². The molecule has 3 rings (SSSR count). The Kier molecular flexibility index (Phi) is 7.19. The summed E-state index contributed by atoms with van der Waals surface area (Å²) in [6.07, 6.45) is 3.23. The summed E-state index contributed by atoms with van der Waals surface area (Å²) in [5.74, 6) is 0.347. The van der Waals surface area contributed by atoms with Gasteiger partial charge in [-0.05, 0) is 35.4 Å². The summed E-state index contributed by atoms with van der Waals surface area (Å²) in [5.41, 5.74) is 1.58. The summed E-state index contributed by atoms with van der Waals surface area (Å²) < 4.78 is 6.50. The molecule has 6 nitrogen and oxygen atoms in total. The average molecular weight is 404 g/mol.